The van der Waals surface area contributed by atoms with Gasteiger partial charge in [0.25, 0.3) is 0 Å². The zero-order chi connectivity index (χ0) is 12.3. The van der Waals surface area contributed by atoms with Gasteiger partial charge in [0.05, 0.1) is 0 Å². The van der Waals surface area contributed by atoms with Gasteiger partial charge in [-0.05, 0) is 50.6 Å². The molecule has 0 bridgehead atoms. The first-order chi connectivity index (χ1) is 8.16. The van der Waals surface area contributed by atoms with Crippen molar-refractivity contribution in [2.45, 2.75) is 31.8 Å². The van der Waals surface area contributed by atoms with Crippen molar-refractivity contribution in [2.75, 3.05) is 13.1 Å². The Morgan fingerprint density at radius 3 is 2.59 bits per heavy atom. The van der Waals surface area contributed by atoms with Crippen molar-refractivity contribution in [3.8, 4) is 0 Å². The van der Waals surface area contributed by atoms with Crippen LogP contribution in [0.4, 0.5) is 8.78 Å². The normalized spacial score (nSPS) is 19.2. The molecule has 17 heavy (non-hydrogen) atoms. The van der Waals surface area contributed by atoms with E-state index in [0.717, 1.165) is 31.5 Å². The lowest BCUT2D eigenvalue weighted by Crippen LogP contribution is -2.40. The lowest BCUT2D eigenvalue weighted by molar-refractivity contribution is 0.358. The summed E-state index contributed by atoms with van der Waals surface area (Å²) in [7, 11) is 0. The van der Waals surface area contributed by atoms with E-state index in [1.807, 2.05) is 6.92 Å². The molecule has 1 aliphatic rings. The van der Waals surface area contributed by atoms with Crippen LogP contribution < -0.4 is 10.6 Å². The Morgan fingerprint density at radius 1 is 1.24 bits per heavy atom. The van der Waals surface area contributed by atoms with Gasteiger partial charge in [0.2, 0.25) is 0 Å². The van der Waals surface area contributed by atoms with Crippen molar-refractivity contribution in [1.29, 1.82) is 0 Å². The highest BCUT2D eigenvalue weighted by atomic mass is 19.2. The molecule has 94 valence electrons. The lowest BCUT2D eigenvalue weighted by Gasteiger charge is -2.27. The van der Waals surface area contributed by atoms with Crippen LogP contribution >= 0.6 is 0 Å². The molecule has 0 amide bonds. The molecule has 1 unspecified atom stereocenters. The number of nitrogens with one attached hydrogen (secondary N) is 2. The van der Waals surface area contributed by atoms with E-state index in [4.69, 9.17) is 0 Å². The number of benzene rings is 1. The molecule has 1 atom stereocenters. The summed E-state index contributed by atoms with van der Waals surface area (Å²) in [5.41, 5.74) is 0.794. The molecule has 1 aromatic carbocycles. The number of piperidine rings is 1. The van der Waals surface area contributed by atoms with Gasteiger partial charge in [0, 0.05) is 12.1 Å². The zero-order valence-corrected chi connectivity index (χ0v) is 9.97. The Kier molecular flexibility index (Phi) is 4.07. The Balaban J connectivity index is 1.98. The van der Waals surface area contributed by atoms with Gasteiger partial charge < -0.3 is 10.6 Å². The van der Waals surface area contributed by atoms with E-state index in [1.165, 1.54) is 12.1 Å². The van der Waals surface area contributed by atoms with Crippen molar-refractivity contribution in [1.82, 2.24) is 10.6 Å². The smallest absolute Gasteiger partial charge is 0.159 e. The minimum atomic E-state index is -0.789. The monoisotopic (exact) mass is 240 g/mol. The number of halogens is 2. The first kappa shape index (κ1) is 12.5. The van der Waals surface area contributed by atoms with Crippen LogP contribution in [0.3, 0.4) is 0 Å². The topological polar surface area (TPSA) is 24.1 Å². The van der Waals surface area contributed by atoms with Gasteiger partial charge in [0.15, 0.2) is 11.6 Å². The highest BCUT2D eigenvalue weighted by Gasteiger charge is 2.16. The average molecular weight is 240 g/mol. The standard InChI is InChI=1S/C13H18F2N2/c1-9(17-11-4-6-16-7-5-11)10-2-3-12(14)13(15)8-10/h2-3,8-9,11,16-17H,4-7H2,1H3. The van der Waals surface area contributed by atoms with E-state index in [2.05, 4.69) is 10.6 Å². The van der Waals surface area contributed by atoms with Crippen molar-refractivity contribution in [2.24, 2.45) is 0 Å². The third kappa shape index (κ3) is 3.23. The lowest BCUT2D eigenvalue weighted by atomic mass is 10.0. The molecule has 0 saturated carbocycles. The number of hydrogen-bond acceptors (Lipinski definition) is 2. The second-order valence-corrected chi connectivity index (χ2v) is 4.59. The van der Waals surface area contributed by atoms with Gasteiger partial charge >= 0.3 is 0 Å². The second kappa shape index (κ2) is 5.56. The molecular formula is C13H18F2N2. The first-order valence-electron chi connectivity index (χ1n) is 6.08. The van der Waals surface area contributed by atoms with Crippen LogP contribution in [-0.4, -0.2) is 19.1 Å². The van der Waals surface area contributed by atoms with Gasteiger partial charge in [-0.3, -0.25) is 0 Å². The van der Waals surface area contributed by atoms with Crippen LogP contribution in [0.15, 0.2) is 18.2 Å². The molecule has 1 heterocycles. The van der Waals surface area contributed by atoms with Crippen LogP contribution in [0.1, 0.15) is 31.4 Å². The highest BCUT2D eigenvalue weighted by Crippen LogP contribution is 2.18. The van der Waals surface area contributed by atoms with E-state index in [-0.39, 0.29) is 6.04 Å². The Hall–Kier alpha value is -1.00. The second-order valence-electron chi connectivity index (χ2n) is 4.59. The third-order valence-corrected chi connectivity index (χ3v) is 3.27. The van der Waals surface area contributed by atoms with Crippen molar-refractivity contribution >= 4 is 0 Å². The molecule has 0 aromatic heterocycles. The van der Waals surface area contributed by atoms with Gasteiger partial charge in [-0.15, -0.1) is 0 Å². The van der Waals surface area contributed by atoms with E-state index in [0.29, 0.717) is 6.04 Å². The summed E-state index contributed by atoms with van der Waals surface area (Å²) >= 11 is 0. The molecule has 0 aliphatic carbocycles. The van der Waals surface area contributed by atoms with Gasteiger partial charge in [-0.2, -0.15) is 0 Å². The van der Waals surface area contributed by atoms with Crippen LogP contribution in [0.5, 0.6) is 0 Å². The summed E-state index contributed by atoms with van der Waals surface area (Å²) in [5.74, 6) is -1.57. The number of rotatable bonds is 3. The fourth-order valence-corrected chi connectivity index (χ4v) is 2.22. The molecule has 2 nitrogen and oxygen atoms in total. The van der Waals surface area contributed by atoms with Crippen molar-refractivity contribution in [3.05, 3.63) is 35.4 Å². The fourth-order valence-electron chi connectivity index (χ4n) is 2.22. The molecule has 1 aromatic rings. The van der Waals surface area contributed by atoms with Crippen molar-refractivity contribution in [3.63, 3.8) is 0 Å². The zero-order valence-electron chi connectivity index (χ0n) is 9.97. The quantitative estimate of drug-likeness (QED) is 0.847. The summed E-state index contributed by atoms with van der Waals surface area (Å²) in [5, 5.41) is 6.75. The van der Waals surface area contributed by atoms with E-state index in [9.17, 15) is 8.78 Å². The van der Waals surface area contributed by atoms with Crippen LogP contribution in [0.25, 0.3) is 0 Å². The molecule has 0 spiro atoms. The molecule has 2 rings (SSSR count). The van der Waals surface area contributed by atoms with E-state index in [1.54, 1.807) is 6.07 Å². The number of hydrogen-bond donors (Lipinski definition) is 2. The summed E-state index contributed by atoms with van der Waals surface area (Å²) < 4.78 is 25.9. The predicted octanol–water partition coefficient (Wildman–Crippen LogP) is 2.37. The molecule has 1 fully saturated rings. The fraction of sp³-hybridized carbons (Fsp3) is 0.538. The molecule has 1 saturated heterocycles. The summed E-state index contributed by atoms with van der Waals surface area (Å²) in [6.45, 7) is 4.01. The molecule has 2 N–H and O–H groups in total. The Labute approximate surface area is 100 Å². The summed E-state index contributed by atoms with van der Waals surface area (Å²) in [4.78, 5) is 0. The van der Waals surface area contributed by atoms with Gasteiger partial charge in [-0.25, -0.2) is 8.78 Å². The molecular weight excluding hydrogens is 222 g/mol. The maximum Gasteiger partial charge on any atom is 0.159 e. The van der Waals surface area contributed by atoms with Crippen LogP contribution in [0, 0.1) is 11.6 Å². The van der Waals surface area contributed by atoms with E-state index < -0.39 is 11.6 Å². The SMILES string of the molecule is CC(NC1CCNCC1)c1ccc(F)c(F)c1. The third-order valence-electron chi connectivity index (χ3n) is 3.27. The highest BCUT2D eigenvalue weighted by molar-refractivity contribution is 5.20. The Bertz CT molecular complexity index is 376. The Morgan fingerprint density at radius 2 is 1.94 bits per heavy atom. The largest absolute Gasteiger partial charge is 0.317 e. The van der Waals surface area contributed by atoms with E-state index >= 15 is 0 Å². The molecule has 1 aliphatic heterocycles. The minimum absolute atomic E-state index is 0.0493. The molecule has 0 radical (unpaired) electrons. The van der Waals surface area contributed by atoms with Crippen LogP contribution in [0.2, 0.25) is 0 Å². The summed E-state index contributed by atoms with van der Waals surface area (Å²) in [6.07, 6.45) is 2.15. The summed E-state index contributed by atoms with van der Waals surface area (Å²) in [6, 6.07) is 4.60. The maximum absolute atomic E-state index is 13.1. The molecule has 4 heteroatoms. The van der Waals surface area contributed by atoms with Gasteiger partial charge in [-0.1, -0.05) is 6.07 Å². The predicted molar refractivity (Wildman–Crippen MR) is 63.8 cm³/mol. The maximum atomic E-state index is 13.1. The van der Waals surface area contributed by atoms with Crippen LogP contribution in [-0.2, 0) is 0 Å². The average Bonchev–Trinajstić information content (AvgIpc) is 2.34. The minimum Gasteiger partial charge on any atom is -0.317 e. The van der Waals surface area contributed by atoms with Gasteiger partial charge in [0.1, 0.15) is 0 Å². The van der Waals surface area contributed by atoms with Crippen molar-refractivity contribution < 1.29 is 8.78 Å². The first-order valence-corrected chi connectivity index (χ1v) is 6.08.